The van der Waals surface area contributed by atoms with E-state index in [1.54, 1.807) is 0 Å². The van der Waals surface area contributed by atoms with Crippen LogP contribution in [0.3, 0.4) is 0 Å². The lowest BCUT2D eigenvalue weighted by molar-refractivity contribution is -0.167. The van der Waals surface area contributed by atoms with Gasteiger partial charge in [0.25, 0.3) is 0 Å². The predicted octanol–water partition coefficient (Wildman–Crippen LogP) is 18.3. The summed E-state index contributed by atoms with van der Waals surface area (Å²) in [6.07, 6.45) is 73.6. The zero-order chi connectivity index (χ0) is 48.6. The van der Waals surface area contributed by atoms with E-state index < -0.39 is 6.10 Å². The highest BCUT2D eigenvalue weighted by molar-refractivity contribution is 5.71. The van der Waals surface area contributed by atoms with Crippen LogP contribution in [0.25, 0.3) is 0 Å². The fourth-order valence-corrected chi connectivity index (χ4v) is 7.16. The minimum Gasteiger partial charge on any atom is -0.462 e. The number of carbonyl (C=O) groups excluding carboxylic acids is 3. The molecule has 0 aromatic rings. The molecule has 0 heterocycles. The fourth-order valence-electron chi connectivity index (χ4n) is 7.16. The molecule has 0 unspecified atom stereocenters. The summed E-state index contributed by atoms with van der Waals surface area (Å²) in [4.78, 5) is 38.0. The molecule has 0 aliphatic rings. The fraction of sp³-hybridized carbons (Fsp3) is 0.656. The number of carbonyl (C=O) groups is 3. The van der Waals surface area contributed by atoms with Gasteiger partial charge in [-0.3, -0.25) is 14.4 Å². The molecule has 0 rings (SSSR count). The molecule has 1 atom stereocenters. The maximum atomic E-state index is 12.8. The molecule has 6 nitrogen and oxygen atoms in total. The quantitative estimate of drug-likeness (QED) is 0.0262. The van der Waals surface area contributed by atoms with Crippen molar-refractivity contribution in [3.8, 4) is 0 Å². The van der Waals surface area contributed by atoms with Crippen LogP contribution in [0.5, 0.6) is 0 Å². The molecule has 0 aliphatic carbocycles. The maximum absolute atomic E-state index is 12.8. The van der Waals surface area contributed by atoms with Gasteiger partial charge in [-0.2, -0.15) is 0 Å². The van der Waals surface area contributed by atoms with Gasteiger partial charge in [0.05, 0.1) is 0 Å². The number of allylic oxidation sites excluding steroid dienone is 18. The van der Waals surface area contributed by atoms with Crippen molar-refractivity contribution < 1.29 is 28.6 Å². The predicted molar refractivity (Wildman–Crippen MR) is 288 cm³/mol. The average molecular weight is 929 g/mol. The van der Waals surface area contributed by atoms with Crippen molar-refractivity contribution >= 4 is 17.9 Å². The topological polar surface area (TPSA) is 78.9 Å². The Balaban J connectivity index is 4.50. The molecule has 6 heteroatoms. The Hall–Kier alpha value is -3.93. The third-order valence-corrected chi connectivity index (χ3v) is 11.3. The Morgan fingerprint density at radius 1 is 0.313 bits per heavy atom. The first-order valence-electron chi connectivity index (χ1n) is 27.4. The standard InChI is InChI=1S/C61H100O6/c1-4-7-10-13-16-19-22-24-26-28-30-32-34-36-39-42-45-48-51-54-60(63)66-57-58(56-65-59(62)53-50-47-44-41-38-21-18-15-12-9-6-3)67-61(64)55-52-49-46-43-40-37-35-33-31-29-27-25-23-20-17-14-11-8-5-2/h8,11,16-17,19-20,24-27,30-33,36-37,39-40,58H,4-7,9-10,12-15,18,21-23,28-29,34-35,38,41-57H2,1-3H3/b11-8-,19-16-,20-17-,26-24-,27-25-,32-30-,33-31-,39-36-,40-37-/t58-/m0/s1. The lowest BCUT2D eigenvalue weighted by Crippen LogP contribution is -2.30. The van der Waals surface area contributed by atoms with Crippen molar-refractivity contribution in [1.82, 2.24) is 0 Å². The van der Waals surface area contributed by atoms with E-state index in [0.717, 1.165) is 122 Å². The van der Waals surface area contributed by atoms with E-state index >= 15 is 0 Å². The van der Waals surface area contributed by atoms with Crippen LogP contribution in [-0.4, -0.2) is 37.2 Å². The Bertz CT molecular complexity index is 1390. The van der Waals surface area contributed by atoms with Gasteiger partial charge in [0.2, 0.25) is 0 Å². The van der Waals surface area contributed by atoms with Gasteiger partial charge in [-0.25, -0.2) is 0 Å². The van der Waals surface area contributed by atoms with Crippen LogP contribution in [0.2, 0.25) is 0 Å². The van der Waals surface area contributed by atoms with Crippen LogP contribution in [0, 0.1) is 0 Å². The van der Waals surface area contributed by atoms with Crippen LogP contribution in [0.15, 0.2) is 109 Å². The Kier molecular flexibility index (Phi) is 51.5. The van der Waals surface area contributed by atoms with E-state index in [4.69, 9.17) is 14.2 Å². The molecule has 0 aromatic heterocycles. The van der Waals surface area contributed by atoms with Crippen molar-refractivity contribution in [2.45, 2.75) is 245 Å². The van der Waals surface area contributed by atoms with E-state index in [1.807, 2.05) is 0 Å². The molecule has 67 heavy (non-hydrogen) atoms. The lowest BCUT2D eigenvalue weighted by Gasteiger charge is -2.18. The molecule has 0 aliphatic heterocycles. The first-order valence-corrected chi connectivity index (χ1v) is 27.4. The average Bonchev–Trinajstić information content (AvgIpc) is 3.33. The summed E-state index contributed by atoms with van der Waals surface area (Å²) in [7, 11) is 0. The summed E-state index contributed by atoms with van der Waals surface area (Å²) in [5.74, 6) is -0.970. The molecule has 0 amide bonds. The second kappa shape index (κ2) is 54.7. The van der Waals surface area contributed by atoms with Crippen LogP contribution in [0.1, 0.15) is 239 Å². The highest BCUT2D eigenvalue weighted by atomic mass is 16.6. The maximum Gasteiger partial charge on any atom is 0.306 e. The number of ether oxygens (including phenoxy) is 3. The molecular formula is C61H100O6. The van der Waals surface area contributed by atoms with Gasteiger partial charge in [-0.1, -0.05) is 220 Å². The Morgan fingerprint density at radius 2 is 0.582 bits per heavy atom. The molecule has 0 spiro atoms. The van der Waals surface area contributed by atoms with Crippen molar-refractivity contribution in [2.75, 3.05) is 13.2 Å². The number of rotatable bonds is 48. The van der Waals surface area contributed by atoms with Gasteiger partial charge in [-0.05, 0) is 109 Å². The van der Waals surface area contributed by atoms with Gasteiger partial charge in [0, 0.05) is 19.3 Å². The molecule has 0 radical (unpaired) electrons. The van der Waals surface area contributed by atoms with E-state index in [9.17, 15) is 14.4 Å². The summed E-state index contributed by atoms with van der Waals surface area (Å²) >= 11 is 0. The highest BCUT2D eigenvalue weighted by Crippen LogP contribution is 2.14. The van der Waals surface area contributed by atoms with Gasteiger partial charge >= 0.3 is 17.9 Å². The van der Waals surface area contributed by atoms with Crippen molar-refractivity contribution in [1.29, 1.82) is 0 Å². The molecular weight excluding hydrogens is 829 g/mol. The minimum absolute atomic E-state index is 0.102. The summed E-state index contributed by atoms with van der Waals surface area (Å²) in [6, 6.07) is 0. The van der Waals surface area contributed by atoms with E-state index in [-0.39, 0.29) is 37.5 Å². The zero-order valence-corrected chi connectivity index (χ0v) is 43.4. The monoisotopic (exact) mass is 929 g/mol. The molecule has 0 N–H and O–H groups in total. The third kappa shape index (κ3) is 52.9. The molecule has 0 saturated heterocycles. The molecule has 0 aromatic carbocycles. The van der Waals surface area contributed by atoms with Gasteiger partial charge in [0.15, 0.2) is 6.10 Å². The Labute approximate surface area is 412 Å². The number of unbranched alkanes of at least 4 members (excludes halogenated alkanes) is 19. The summed E-state index contributed by atoms with van der Waals surface area (Å²) in [5, 5.41) is 0. The third-order valence-electron chi connectivity index (χ3n) is 11.3. The first kappa shape index (κ1) is 63.1. The number of hydrogen-bond acceptors (Lipinski definition) is 6. The van der Waals surface area contributed by atoms with Gasteiger partial charge in [-0.15, -0.1) is 0 Å². The SMILES string of the molecule is CC/C=C\C/C=C\C/C=C\C/C=C\C/C=C\CCCCCC(=O)O[C@H](COC(=O)CCCCC/C=C\C/C=C\C/C=C\C/C=C\CCCCC)COC(=O)CCCCCCCCCCCCC. The molecule has 0 bridgehead atoms. The minimum atomic E-state index is -0.809. The molecule has 0 saturated carbocycles. The molecule has 380 valence electrons. The van der Waals surface area contributed by atoms with Crippen molar-refractivity contribution in [3.63, 3.8) is 0 Å². The van der Waals surface area contributed by atoms with Crippen LogP contribution in [-0.2, 0) is 28.6 Å². The normalized spacial score (nSPS) is 12.9. The van der Waals surface area contributed by atoms with E-state index in [0.29, 0.717) is 12.8 Å². The lowest BCUT2D eigenvalue weighted by atomic mass is 10.1. The first-order chi connectivity index (χ1) is 33.0. The van der Waals surface area contributed by atoms with Gasteiger partial charge in [0.1, 0.15) is 13.2 Å². The molecule has 0 fully saturated rings. The second-order valence-electron chi connectivity index (χ2n) is 17.8. The zero-order valence-electron chi connectivity index (χ0n) is 43.4. The largest absolute Gasteiger partial charge is 0.462 e. The van der Waals surface area contributed by atoms with Crippen LogP contribution >= 0.6 is 0 Å². The second-order valence-corrected chi connectivity index (χ2v) is 17.8. The summed E-state index contributed by atoms with van der Waals surface area (Å²) < 4.78 is 16.8. The Morgan fingerprint density at radius 3 is 0.940 bits per heavy atom. The van der Waals surface area contributed by atoms with Gasteiger partial charge < -0.3 is 14.2 Å². The van der Waals surface area contributed by atoms with E-state index in [1.165, 1.54) is 77.0 Å². The van der Waals surface area contributed by atoms with E-state index in [2.05, 4.69) is 130 Å². The highest BCUT2D eigenvalue weighted by Gasteiger charge is 2.19. The van der Waals surface area contributed by atoms with Crippen molar-refractivity contribution in [3.05, 3.63) is 109 Å². The van der Waals surface area contributed by atoms with Crippen LogP contribution < -0.4 is 0 Å². The smallest absolute Gasteiger partial charge is 0.306 e. The number of hydrogen-bond donors (Lipinski definition) is 0. The summed E-state index contributed by atoms with van der Waals surface area (Å²) in [6.45, 7) is 6.43. The van der Waals surface area contributed by atoms with Crippen LogP contribution in [0.4, 0.5) is 0 Å². The number of esters is 3. The summed E-state index contributed by atoms with van der Waals surface area (Å²) in [5.41, 5.74) is 0. The van der Waals surface area contributed by atoms with Crippen molar-refractivity contribution in [2.24, 2.45) is 0 Å².